The summed E-state index contributed by atoms with van der Waals surface area (Å²) < 4.78 is 35.6. The van der Waals surface area contributed by atoms with E-state index < -0.39 is 12.6 Å². The van der Waals surface area contributed by atoms with Crippen LogP contribution in [0.1, 0.15) is 24.9 Å². The van der Waals surface area contributed by atoms with E-state index in [4.69, 9.17) is 0 Å². The van der Waals surface area contributed by atoms with Gasteiger partial charge in [-0.1, -0.05) is 0 Å². The van der Waals surface area contributed by atoms with Crippen LogP contribution in [0.3, 0.4) is 0 Å². The van der Waals surface area contributed by atoms with Crippen LogP contribution in [0.15, 0.2) is 24.5 Å². The number of halogens is 3. The normalized spacial score (nSPS) is 13.9. The van der Waals surface area contributed by atoms with Crippen LogP contribution in [0.2, 0.25) is 0 Å². The highest BCUT2D eigenvalue weighted by atomic mass is 19.4. The van der Waals surface area contributed by atoms with Gasteiger partial charge in [-0.25, -0.2) is 0 Å². The Hall–Kier alpha value is -1.10. The lowest BCUT2D eigenvalue weighted by Crippen LogP contribution is -2.24. The van der Waals surface area contributed by atoms with Crippen LogP contribution >= 0.6 is 0 Å². The lowest BCUT2D eigenvalue weighted by Gasteiger charge is -2.14. The monoisotopic (exact) mass is 218 g/mol. The van der Waals surface area contributed by atoms with E-state index in [-0.39, 0.29) is 12.6 Å². The molecule has 2 nitrogen and oxygen atoms in total. The molecule has 0 fully saturated rings. The number of hydrogen-bond donors (Lipinski definition) is 1. The van der Waals surface area contributed by atoms with Gasteiger partial charge in [0.05, 0.1) is 6.42 Å². The van der Waals surface area contributed by atoms with Crippen molar-refractivity contribution in [3.63, 3.8) is 0 Å². The first-order valence-corrected chi connectivity index (χ1v) is 4.69. The molecule has 0 unspecified atom stereocenters. The van der Waals surface area contributed by atoms with Crippen molar-refractivity contribution < 1.29 is 13.2 Å². The highest BCUT2D eigenvalue weighted by Crippen LogP contribution is 2.19. The summed E-state index contributed by atoms with van der Waals surface area (Å²) in [7, 11) is 0. The van der Waals surface area contributed by atoms with Crippen LogP contribution in [0, 0.1) is 0 Å². The third-order valence-corrected chi connectivity index (χ3v) is 2.07. The van der Waals surface area contributed by atoms with E-state index in [9.17, 15) is 13.2 Å². The molecule has 0 aromatic carbocycles. The first-order valence-electron chi connectivity index (χ1n) is 4.69. The number of alkyl halides is 3. The second-order valence-corrected chi connectivity index (χ2v) is 3.32. The molecule has 0 radical (unpaired) electrons. The fourth-order valence-corrected chi connectivity index (χ4v) is 1.20. The Morgan fingerprint density at radius 3 is 2.47 bits per heavy atom. The van der Waals surface area contributed by atoms with Crippen molar-refractivity contribution in [2.24, 2.45) is 0 Å². The Morgan fingerprint density at radius 2 is 1.93 bits per heavy atom. The molecule has 0 spiro atoms. The summed E-state index contributed by atoms with van der Waals surface area (Å²) in [6.07, 6.45) is -1.65. The van der Waals surface area contributed by atoms with E-state index in [0.29, 0.717) is 0 Å². The van der Waals surface area contributed by atoms with Crippen molar-refractivity contribution in [2.45, 2.75) is 25.6 Å². The third-order valence-electron chi connectivity index (χ3n) is 2.07. The molecular weight excluding hydrogens is 205 g/mol. The van der Waals surface area contributed by atoms with E-state index >= 15 is 0 Å². The second kappa shape index (κ2) is 5.11. The topological polar surface area (TPSA) is 24.9 Å². The van der Waals surface area contributed by atoms with Crippen LogP contribution in [0.25, 0.3) is 0 Å². The van der Waals surface area contributed by atoms with E-state index in [0.717, 1.165) is 5.56 Å². The largest absolute Gasteiger partial charge is 0.390 e. The van der Waals surface area contributed by atoms with Gasteiger partial charge in [0.25, 0.3) is 0 Å². The third kappa shape index (κ3) is 4.78. The van der Waals surface area contributed by atoms with Gasteiger partial charge in [-0.05, 0) is 24.6 Å². The maximum Gasteiger partial charge on any atom is 0.390 e. The summed E-state index contributed by atoms with van der Waals surface area (Å²) in [5.41, 5.74) is 0.937. The van der Waals surface area contributed by atoms with Gasteiger partial charge in [0, 0.05) is 25.0 Å². The molecule has 0 saturated heterocycles. The fourth-order valence-electron chi connectivity index (χ4n) is 1.20. The van der Waals surface area contributed by atoms with Crippen molar-refractivity contribution in [2.75, 3.05) is 6.54 Å². The van der Waals surface area contributed by atoms with Crippen molar-refractivity contribution in [3.8, 4) is 0 Å². The fraction of sp³-hybridized carbons (Fsp3) is 0.500. The van der Waals surface area contributed by atoms with Crippen molar-refractivity contribution in [3.05, 3.63) is 30.1 Å². The Bertz CT molecular complexity index is 284. The van der Waals surface area contributed by atoms with Gasteiger partial charge in [-0.2, -0.15) is 13.2 Å². The predicted octanol–water partition coefficient (Wildman–Crippen LogP) is 2.68. The van der Waals surface area contributed by atoms with Crippen LogP contribution in [-0.2, 0) is 0 Å². The maximum absolute atomic E-state index is 11.9. The number of hydrogen-bond acceptors (Lipinski definition) is 2. The zero-order chi connectivity index (χ0) is 11.3. The molecule has 15 heavy (non-hydrogen) atoms. The van der Waals surface area contributed by atoms with Gasteiger partial charge in [-0.3, -0.25) is 4.98 Å². The summed E-state index contributed by atoms with van der Waals surface area (Å²) >= 11 is 0. The minimum Gasteiger partial charge on any atom is -0.310 e. The van der Waals surface area contributed by atoms with Gasteiger partial charge >= 0.3 is 6.18 Å². The summed E-state index contributed by atoms with van der Waals surface area (Å²) in [5.74, 6) is 0. The average molecular weight is 218 g/mol. The van der Waals surface area contributed by atoms with Crippen molar-refractivity contribution in [1.29, 1.82) is 0 Å². The van der Waals surface area contributed by atoms with Crippen LogP contribution in [-0.4, -0.2) is 17.7 Å². The maximum atomic E-state index is 11.9. The van der Waals surface area contributed by atoms with E-state index in [1.165, 1.54) is 0 Å². The van der Waals surface area contributed by atoms with E-state index in [1.807, 2.05) is 6.92 Å². The predicted molar refractivity (Wildman–Crippen MR) is 51.3 cm³/mol. The Kier molecular flexibility index (Phi) is 4.08. The highest BCUT2D eigenvalue weighted by molar-refractivity contribution is 5.13. The number of nitrogens with one attached hydrogen (secondary N) is 1. The van der Waals surface area contributed by atoms with Gasteiger partial charge in [0.1, 0.15) is 0 Å². The van der Waals surface area contributed by atoms with E-state index in [1.54, 1.807) is 24.5 Å². The lowest BCUT2D eigenvalue weighted by molar-refractivity contribution is -0.133. The standard InChI is InChI=1S/C10H13F3N2/c1-8(9-2-5-14-6-3-9)15-7-4-10(11,12)13/h2-3,5-6,8,15H,4,7H2,1H3/t8-/m0/s1. The molecule has 84 valence electrons. The number of aromatic nitrogens is 1. The molecule has 1 heterocycles. The van der Waals surface area contributed by atoms with Crippen LogP contribution in [0.4, 0.5) is 13.2 Å². The number of nitrogens with zero attached hydrogens (tertiary/aromatic N) is 1. The molecule has 0 saturated carbocycles. The molecule has 0 aliphatic heterocycles. The Balaban J connectivity index is 2.34. The van der Waals surface area contributed by atoms with Crippen molar-refractivity contribution >= 4 is 0 Å². The average Bonchev–Trinajstić information content (AvgIpc) is 2.17. The van der Waals surface area contributed by atoms with Gasteiger partial charge in [0.2, 0.25) is 0 Å². The molecular formula is C10H13F3N2. The summed E-state index contributed by atoms with van der Waals surface area (Å²) in [4.78, 5) is 3.84. The first-order chi connectivity index (χ1) is 6.99. The molecule has 1 atom stereocenters. The molecule has 0 aliphatic rings. The minimum atomic E-state index is -4.09. The lowest BCUT2D eigenvalue weighted by atomic mass is 10.1. The van der Waals surface area contributed by atoms with Crippen LogP contribution in [0.5, 0.6) is 0 Å². The van der Waals surface area contributed by atoms with Gasteiger partial charge < -0.3 is 5.32 Å². The molecule has 1 N–H and O–H groups in total. The summed E-state index contributed by atoms with van der Waals surface area (Å²) in [6.45, 7) is 1.76. The molecule has 1 aromatic rings. The second-order valence-electron chi connectivity index (χ2n) is 3.32. The SMILES string of the molecule is C[C@H](NCCC(F)(F)F)c1ccncc1. The van der Waals surface area contributed by atoms with Crippen LogP contribution < -0.4 is 5.32 Å². The number of pyridine rings is 1. The van der Waals surface area contributed by atoms with E-state index in [2.05, 4.69) is 10.3 Å². The Labute approximate surface area is 86.5 Å². The molecule has 0 amide bonds. The quantitative estimate of drug-likeness (QED) is 0.840. The smallest absolute Gasteiger partial charge is 0.310 e. The summed E-state index contributed by atoms with van der Waals surface area (Å²) in [6, 6.07) is 3.48. The Morgan fingerprint density at radius 1 is 1.33 bits per heavy atom. The highest BCUT2D eigenvalue weighted by Gasteiger charge is 2.26. The molecule has 5 heteroatoms. The van der Waals surface area contributed by atoms with Gasteiger partial charge in [0.15, 0.2) is 0 Å². The van der Waals surface area contributed by atoms with Gasteiger partial charge in [-0.15, -0.1) is 0 Å². The first kappa shape index (κ1) is 12.0. The minimum absolute atomic E-state index is 0.0625. The zero-order valence-electron chi connectivity index (χ0n) is 8.38. The van der Waals surface area contributed by atoms with Crippen molar-refractivity contribution in [1.82, 2.24) is 10.3 Å². The molecule has 1 aromatic heterocycles. The zero-order valence-corrected chi connectivity index (χ0v) is 8.38. The molecule has 1 rings (SSSR count). The number of rotatable bonds is 4. The summed E-state index contributed by atoms with van der Waals surface area (Å²) in [5, 5.41) is 2.81. The molecule has 0 bridgehead atoms. The molecule has 0 aliphatic carbocycles.